The van der Waals surface area contributed by atoms with Crippen molar-refractivity contribution in [2.45, 2.75) is 45.1 Å². The quantitative estimate of drug-likeness (QED) is 0.804. The molecule has 1 aromatic heterocycles. The molecule has 2 fully saturated rings. The molecule has 86 valence electrons. The zero-order valence-corrected chi connectivity index (χ0v) is 9.58. The molecule has 2 aliphatic carbocycles. The van der Waals surface area contributed by atoms with Crippen LogP contribution in [0.4, 0.5) is 0 Å². The highest BCUT2D eigenvalue weighted by molar-refractivity contribution is 5.90. The lowest BCUT2D eigenvalue weighted by atomic mass is 10.2. The van der Waals surface area contributed by atoms with Gasteiger partial charge in [-0.1, -0.05) is 13.8 Å². The first-order chi connectivity index (χ1) is 7.56. The predicted molar refractivity (Wildman–Crippen MR) is 58.0 cm³/mol. The summed E-state index contributed by atoms with van der Waals surface area (Å²) in [6.07, 6.45) is 3.36. The van der Waals surface area contributed by atoms with Crippen LogP contribution < -0.4 is 5.32 Å². The van der Waals surface area contributed by atoms with Gasteiger partial charge in [-0.3, -0.25) is 9.89 Å². The van der Waals surface area contributed by atoms with Crippen LogP contribution in [0.25, 0.3) is 0 Å². The minimum atomic E-state index is -0.154. The van der Waals surface area contributed by atoms with Gasteiger partial charge in [-0.25, -0.2) is 4.98 Å². The summed E-state index contributed by atoms with van der Waals surface area (Å²) in [6, 6.07) is 0.280. The maximum Gasteiger partial charge on any atom is 0.291 e. The van der Waals surface area contributed by atoms with Gasteiger partial charge in [0.25, 0.3) is 5.91 Å². The molecule has 2 saturated carbocycles. The van der Waals surface area contributed by atoms with Crippen molar-refractivity contribution in [1.29, 1.82) is 0 Å². The number of carbonyl (C=O) groups excluding carboxylic acids is 1. The van der Waals surface area contributed by atoms with Crippen LogP contribution in [-0.4, -0.2) is 27.1 Å². The Labute approximate surface area is 94.0 Å². The third-order valence-electron chi connectivity index (χ3n) is 3.49. The van der Waals surface area contributed by atoms with Gasteiger partial charge >= 0.3 is 0 Å². The summed E-state index contributed by atoms with van der Waals surface area (Å²) < 4.78 is 0. The average molecular weight is 220 g/mol. The van der Waals surface area contributed by atoms with E-state index in [9.17, 15) is 4.79 Å². The molecule has 1 unspecified atom stereocenters. The molecule has 0 spiro atoms. The van der Waals surface area contributed by atoms with Gasteiger partial charge in [0.1, 0.15) is 5.82 Å². The van der Waals surface area contributed by atoms with E-state index in [1.165, 1.54) is 0 Å². The van der Waals surface area contributed by atoms with Gasteiger partial charge < -0.3 is 5.32 Å². The van der Waals surface area contributed by atoms with E-state index in [2.05, 4.69) is 34.3 Å². The Morgan fingerprint density at radius 2 is 2.19 bits per heavy atom. The molecule has 0 radical (unpaired) electrons. The second-order valence-electron chi connectivity index (χ2n) is 5.54. The molecule has 0 aliphatic heterocycles. The van der Waals surface area contributed by atoms with Crippen LogP contribution in [0.15, 0.2) is 0 Å². The number of amides is 1. The Balaban J connectivity index is 1.65. The number of rotatable bonds is 3. The summed E-state index contributed by atoms with van der Waals surface area (Å²) in [5.74, 6) is 1.50. The molecule has 0 saturated heterocycles. The second kappa shape index (κ2) is 3.06. The Kier molecular flexibility index (Phi) is 1.87. The normalized spacial score (nSPS) is 26.5. The van der Waals surface area contributed by atoms with Gasteiger partial charge in [-0.15, -0.1) is 5.10 Å². The number of carbonyl (C=O) groups is 1. The standard InChI is InChI=1S/C11H16N4O/c1-11(2)5-7(11)12-10(16)9-13-8(14-15-9)6-3-4-6/h6-7H,3-5H2,1-2H3,(H,12,16)(H,13,14,15). The monoisotopic (exact) mass is 220 g/mol. The summed E-state index contributed by atoms with van der Waals surface area (Å²) in [6.45, 7) is 4.29. The van der Waals surface area contributed by atoms with Gasteiger partial charge in [0, 0.05) is 12.0 Å². The zero-order valence-electron chi connectivity index (χ0n) is 9.58. The van der Waals surface area contributed by atoms with Crippen molar-refractivity contribution in [3.63, 3.8) is 0 Å². The highest BCUT2D eigenvalue weighted by Gasteiger charge is 2.47. The molecule has 5 heteroatoms. The highest BCUT2D eigenvalue weighted by atomic mass is 16.2. The fourth-order valence-electron chi connectivity index (χ4n) is 1.85. The van der Waals surface area contributed by atoms with E-state index in [-0.39, 0.29) is 23.2 Å². The van der Waals surface area contributed by atoms with E-state index in [4.69, 9.17) is 0 Å². The minimum Gasteiger partial charge on any atom is -0.346 e. The van der Waals surface area contributed by atoms with Crippen LogP contribution >= 0.6 is 0 Å². The summed E-state index contributed by atoms with van der Waals surface area (Å²) in [7, 11) is 0. The molecule has 2 N–H and O–H groups in total. The molecule has 1 atom stereocenters. The molecule has 5 nitrogen and oxygen atoms in total. The average Bonchev–Trinajstić information content (AvgIpc) is 3.09. The fraction of sp³-hybridized carbons (Fsp3) is 0.727. The number of nitrogens with one attached hydrogen (secondary N) is 2. The number of H-pyrrole nitrogens is 1. The van der Waals surface area contributed by atoms with E-state index < -0.39 is 0 Å². The van der Waals surface area contributed by atoms with E-state index in [1.54, 1.807) is 0 Å². The Hall–Kier alpha value is -1.39. The second-order valence-corrected chi connectivity index (χ2v) is 5.54. The first-order valence-corrected chi connectivity index (χ1v) is 5.79. The molecule has 0 bridgehead atoms. The third kappa shape index (κ3) is 1.70. The SMILES string of the molecule is CC1(C)CC1NC(=O)c1n[nH]c(C2CC2)n1. The van der Waals surface area contributed by atoms with Crippen LogP contribution in [0.3, 0.4) is 0 Å². The molecule has 1 amide bonds. The third-order valence-corrected chi connectivity index (χ3v) is 3.49. The molecule has 3 rings (SSSR count). The van der Waals surface area contributed by atoms with Crippen molar-refractivity contribution in [3.8, 4) is 0 Å². The Morgan fingerprint density at radius 3 is 2.75 bits per heavy atom. The molecule has 0 aromatic carbocycles. The zero-order chi connectivity index (χ0) is 11.3. The highest BCUT2D eigenvalue weighted by Crippen LogP contribution is 2.44. The van der Waals surface area contributed by atoms with Crippen molar-refractivity contribution in [2.75, 3.05) is 0 Å². The minimum absolute atomic E-state index is 0.154. The molecular weight excluding hydrogens is 204 g/mol. The van der Waals surface area contributed by atoms with E-state index in [0.717, 1.165) is 25.1 Å². The smallest absolute Gasteiger partial charge is 0.291 e. The number of aromatic nitrogens is 3. The lowest BCUT2D eigenvalue weighted by Gasteiger charge is -2.03. The summed E-state index contributed by atoms with van der Waals surface area (Å²) >= 11 is 0. The Bertz CT molecular complexity index is 433. The van der Waals surface area contributed by atoms with Gasteiger partial charge in [-0.05, 0) is 24.7 Å². The lowest BCUT2D eigenvalue weighted by Crippen LogP contribution is -2.29. The summed E-state index contributed by atoms with van der Waals surface area (Å²) in [4.78, 5) is 16.0. The molecule has 1 heterocycles. The lowest BCUT2D eigenvalue weighted by molar-refractivity contribution is 0.0936. The maximum absolute atomic E-state index is 11.8. The van der Waals surface area contributed by atoms with Gasteiger partial charge in [0.15, 0.2) is 0 Å². The first-order valence-electron chi connectivity index (χ1n) is 5.79. The van der Waals surface area contributed by atoms with Crippen LogP contribution in [0.1, 0.15) is 55.5 Å². The number of hydrogen-bond donors (Lipinski definition) is 2. The van der Waals surface area contributed by atoms with Gasteiger partial charge in [0.2, 0.25) is 5.82 Å². The van der Waals surface area contributed by atoms with E-state index >= 15 is 0 Å². The van der Waals surface area contributed by atoms with Crippen molar-refractivity contribution < 1.29 is 4.79 Å². The maximum atomic E-state index is 11.8. The van der Waals surface area contributed by atoms with E-state index in [1.807, 2.05) is 0 Å². The van der Waals surface area contributed by atoms with Crippen LogP contribution in [-0.2, 0) is 0 Å². The van der Waals surface area contributed by atoms with Crippen molar-refractivity contribution in [1.82, 2.24) is 20.5 Å². The fourth-order valence-corrected chi connectivity index (χ4v) is 1.85. The van der Waals surface area contributed by atoms with Crippen LogP contribution in [0.5, 0.6) is 0 Å². The Morgan fingerprint density at radius 1 is 1.50 bits per heavy atom. The van der Waals surface area contributed by atoms with Crippen molar-refractivity contribution in [2.24, 2.45) is 5.41 Å². The molecule has 16 heavy (non-hydrogen) atoms. The number of aromatic amines is 1. The summed E-state index contributed by atoms with van der Waals surface area (Å²) in [5.41, 5.74) is 0.241. The van der Waals surface area contributed by atoms with Gasteiger partial charge in [0.05, 0.1) is 0 Å². The van der Waals surface area contributed by atoms with Crippen molar-refractivity contribution in [3.05, 3.63) is 11.6 Å². The predicted octanol–water partition coefficient (Wildman–Crippen LogP) is 1.21. The van der Waals surface area contributed by atoms with Gasteiger partial charge in [-0.2, -0.15) is 0 Å². The molecule has 2 aliphatic rings. The number of nitrogens with zero attached hydrogens (tertiary/aromatic N) is 2. The molecular formula is C11H16N4O. The van der Waals surface area contributed by atoms with E-state index in [0.29, 0.717) is 5.92 Å². The summed E-state index contributed by atoms with van der Waals surface area (Å²) in [5, 5.41) is 9.75. The first kappa shape index (κ1) is 9.81. The topological polar surface area (TPSA) is 70.7 Å². The molecule has 1 aromatic rings. The van der Waals surface area contributed by atoms with Crippen LogP contribution in [0.2, 0.25) is 0 Å². The largest absolute Gasteiger partial charge is 0.346 e. The van der Waals surface area contributed by atoms with Crippen molar-refractivity contribution >= 4 is 5.91 Å². The van der Waals surface area contributed by atoms with Crippen LogP contribution in [0, 0.1) is 5.41 Å². The number of hydrogen-bond acceptors (Lipinski definition) is 3.